The van der Waals surface area contributed by atoms with Gasteiger partial charge in [0.25, 0.3) is 0 Å². The first-order valence-corrected chi connectivity index (χ1v) is 6.11. The molecule has 0 aromatic rings. The molecule has 0 amide bonds. The van der Waals surface area contributed by atoms with Crippen molar-refractivity contribution in [2.45, 2.75) is 6.92 Å². The van der Waals surface area contributed by atoms with Gasteiger partial charge >= 0.3 is 0 Å². The van der Waals surface area contributed by atoms with Gasteiger partial charge < -0.3 is 5.11 Å². The average Bonchev–Trinajstić information content (AvgIpc) is 2.35. The summed E-state index contributed by atoms with van der Waals surface area (Å²) in [5.41, 5.74) is 0.837. The second-order valence-corrected chi connectivity index (χ2v) is 5.11. The SMILES string of the molecule is CC1=CC2C(=O)C3C=CC=CC3C(=O)C2C(O)=C1. The number of hydrogen-bond donors (Lipinski definition) is 1. The second-order valence-electron chi connectivity index (χ2n) is 5.11. The predicted octanol–water partition coefficient (Wildman–Crippen LogP) is 2.13. The van der Waals surface area contributed by atoms with E-state index in [0.717, 1.165) is 5.57 Å². The van der Waals surface area contributed by atoms with E-state index in [1.807, 2.05) is 13.0 Å². The maximum Gasteiger partial charge on any atom is 0.152 e. The molecule has 0 heterocycles. The first kappa shape index (κ1) is 11.2. The van der Waals surface area contributed by atoms with E-state index >= 15 is 0 Å². The van der Waals surface area contributed by atoms with E-state index in [2.05, 4.69) is 0 Å². The summed E-state index contributed by atoms with van der Waals surface area (Å²) in [6.07, 6.45) is 10.5. The molecule has 92 valence electrons. The van der Waals surface area contributed by atoms with E-state index in [1.165, 1.54) is 0 Å². The van der Waals surface area contributed by atoms with Crippen LogP contribution >= 0.6 is 0 Å². The average molecular weight is 242 g/mol. The topological polar surface area (TPSA) is 54.4 Å². The Morgan fingerprint density at radius 2 is 1.61 bits per heavy atom. The number of carbonyl (C=O) groups excluding carboxylic acids is 2. The molecular weight excluding hydrogens is 228 g/mol. The highest BCUT2D eigenvalue weighted by molar-refractivity contribution is 6.04. The lowest BCUT2D eigenvalue weighted by Crippen LogP contribution is -2.47. The highest BCUT2D eigenvalue weighted by atomic mass is 16.3. The van der Waals surface area contributed by atoms with E-state index in [0.29, 0.717) is 0 Å². The minimum absolute atomic E-state index is 0.0275. The van der Waals surface area contributed by atoms with Gasteiger partial charge in [-0.15, -0.1) is 0 Å². The van der Waals surface area contributed by atoms with Crippen molar-refractivity contribution in [3.8, 4) is 0 Å². The van der Waals surface area contributed by atoms with E-state index in [1.54, 1.807) is 30.4 Å². The van der Waals surface area contributed by atoms with Crippen molar-refractivity contribution in [2.75, 3.05) is 0 Å². The van der Waals surface area contributed by atoms with Crippen molar-refractivity contribution in [1.29, 1.82) is 0 Å². The summed E-state index contributed by atoms with van der Waals surface area (Å²) >= 11 is 0. The van der Waals surface area contributed by atoms with Crippen LogP contribution in [0, 0.1) is 23.7 Å². The van der Waals surface area contributed by atoms with Crippen LogP contribution in [0.2, 0.25) is 0 Å². The number of allylic oxidation sites excluding steroid dienone is 8. The summed E-state index contributed by atoms with van der Waals surface area (Å²) in [6, 6.07) is 0. The van der Waals surface area contributed by atoms with Gasteiger partial charge in [0.05, 0.1) is 11.8 Å². The molecule has 3 aliphatic rings. The molecule has 0 bridgehead atoms. The van der Waals surface area contributed by atoms with Crippen LogP contribution < -0.4 is 0 Å². The zero-order chi connectivity index (χ0) is 12.9. The summed E-state index contributed by atoms with van der Waals surface area (Å²) in [4.78, 5) is 24.8. The molecule has 4 unspecified atom stereocenters. The van der Waals surface area contributed by atoms with Crippen molar-refractivity contribution in [3.63, 3.8) is 0 Å². The van der Waals surface area contributed by atoms with Gasteiger partial charge in [0, 0.05) is 11.8 Å². The number of Topliss-reactive ketones (excluding diaryl/α,β-unsaturated/α-hetero) is 2. The molecule has 3 heteroatoms. The maximum atomic E-state index is 12.4. The second kappa shape index (κ2) is 3.80. The molecule has 18 heavy (non-hydrogen) atoms. The quantitative estimate of drug-likeness (QED) is 0.708. The molecule has 0 radical (unpaired) electrons. The number of carbonyl (C=O) groups is 2. The third kappa shape index (κ3) is 1.43. The Bertz CT molecular complexity index is 548. The normalized spacial score (nSPS) is 37.8. The van der Waals surface area contributed by atoms with Crippen LogP contribution in [0.5, 0.6) is 0 Å². The number of hydrogen-bond acceptors (Lipinski definition) is 3. The zero-order valence-corrected chi connectivity index (χ0v) is 10.0. The summed E-state index contributed by atoms with van der Waals surface area (Å²) < 4.78 is 0. The Hall–Kier alpha value is -1.90. The van der Waals surface area contributed by atoms with Gasteiger partial charge in [-0.3, -0.25) is 9.59 Å². The highest BCUT2D eigenvalue weighted by Gasteiger charge is 2.49. The van der Waals surface area contributed by atoms with Crippen molar-refractivity contribution in [2.24, 2.45) is 23.7 Å². The third-order valence-corrected chi connectivity index (χ3v) is 3.92. The molecule has 0 saturated heterocycles. The van der Waals surface area contributed by atoms with Crippen LogP contribution in [0.1, 0.15) is 6.92 Å². The molecule has 1 N–H and O–H groups in total. The largest absolute Gasteiger partial charge is 0.512 e. The third-order valence-electron chi connectivity index (χ3n) is 3.92. The van der Waals surface area contributed by atoms with Gasteiger partial charge in [-0.2, -0.15) is 0 Å². The van der Waals surface area contributed by atoms with Crippen LogP contribution in [0.25, 0.3) is 0 Å². The number of fused-ring (bicyclic) bond motifs is 2. The molecule has 0 spiro atoms. The van der Waals surface area contributed by atoms with Crippen molar-refractivity contribution in [3.05, 3.63) is 47.8 Å². The molecule has 1 saturated carbocycles. The molecule has 3 aliphatic carbocycles. The predicted molar refractivity (Wildman–Crippen MR) is 66.7 cm³/mol. The molecule has 0 aromatic carbocycles. The molecule has 0 aliphatic heterocycles. The molecular formula is C15H14O3. The van der Waals surface area contributed by atoms with Gasteiger partial charge in [0.1, 0.15) is 11.5 Å². The van der Waals surface area contributed by atoms with E-state index in [4.69, 9.17) is 0 Å². The molecule has 3 nitrogen and oxygen atoms in total. The minimum Gasteiger partial charge on any atom is -0.512 e. The summed E-state index contributed by atoms with van der Waals surface area (Å²) in [7, 11) is 0. The van der Waals surface area contributed by atoms with Crippen LogP contribution in [-0.4, -0.2) is 16.7 Å². The first-order chi connectivity index (χ1) is 8.59. The van der Waals surface area contributed by atoms with Gasteiger partial charge in [-0.05, 0) is 13.0 Å². The van der Waals surface area contributed by atoms with Crippen molar-refractivity contribution >= 4 is 11.6 Å². The monoisotopic (exact) mass is 242 g/mol. The minimum atomic E-state index is -0.682. The van der Waals surface area contributed by atoms with Crippen LogP contribution in [0.4, 0.5) is 0 Å². The van der Waals surface area contributed by atoms with Crippen LogP contribution in [0.3, 0.4) is 0 Å². The van der Waals surface area contributed by atoms with E-state index in [-0.39, 0.29) is 23.2 Å². The van der Waals surface area contributed by atoms with Crippen molar-refractivity contribution in [1.82, 2.24) is 0 Å². The maximum absolute atomic E-state index is 12.4. The number of rotatable bonds is 0. The van der Waals surface area contributed by atoms with Gasteiger partial charge in [-0.25, -0.2) is 0 Å². The Labute approximate surface area is 105 Å². The Balaban J connectivity index is 2.07. The Morgan fingerprint density at radius 1 is 1.00 bits per heavy atom. The number of aliphatic hydroxyl groups excluding tert-OH is 1. The molecule has 3 rings (SSSR count). The standard InChI is InChI=1S/C15H14O3/c1-8-6-11-13(12(16)7-8)15(18)10-5-3-2-4-9(10)14(11)17/h2-7,9-11,13,16H,1H3. The summed E-state index contributed by atoms with van der Waals surface area (Å²) in [5.74, 6) is -1.95. The lowest BCUT2D eigenvalue weighted by Gasteiger charge is -2.37. The lowest BCUT2D eigenvalue weighted by molar-refractivity contribution is -0.141. The number of ketones is 2. The van der Waals surface area contributed by atoms with Gasteiger partial charge in [-0.1, -0.05) is 36.0 Å². The van der Waals surface area contributed by atoms with Crippen molar-refractivity contribution < 1.29 is 14.7 Å². The Morgan fingerprint density at radius 3 is 2.28 bits per heavy atom. The Kier molecular flexibility index (Phi) is 2.37. The molecule has 0 aromatic heterocycles. The fourth-order valence-electron chi connectivity index (χ4n) is 3.08. The summed E-state index contributed by atoms with van der Waals surface area (Å²) in [6.45, 7) is 1.83. The van der Waals surface area contributed by atoms with Crippen LogP contribution in [0.15, 0.2) is 47.8 Å². The zero-order valence-electron chi connectivity index (χ0n) is 10.0. The highest BCUT2D eigenvalue weighted by Crippen LogP contribution is 2.41. The van der Waals surface area contributed by atoms with E-state index in [9.17, 15) is 14.7 Å². The summed E-state index contributed by atoms with van der Waals surface area (Å²) in [5, 5.41) is 9.96. The smallest absolute Gasteiger partial charge is 0.152 e. The fourth-order valence-corrected chi connectivity index (χ4v) is 3.08. The lowest BCUT2D eigenvalue weighted by atomic mass is 9.63. The van der Waals surface area contributed by atoms with E-state index < -0.39 is 17.8 Å². The number of aliphatic hydroxyl groups is 1. The molecule has 4 atom stereocenters. The van der Waals surface area contributed by atoms with Crippen LogP contribution in [-0.2, 0) is 9.59 Å². The fraction of sp³-hybridized carbons (Fsp3) is 0.333. The van der Waals surface area contributed by atoms with Gasteiger partial charge in [0.2, 0.25) is 0 Å². The first-order valence-electron chi connectivity index (χ1n) is 6.11. The van der Waals surface area contributed by atoms with Gasteiger partial charge in [0.15, 0.2) is 5.78 Å². The molecule has 1 fully saturated rings.